The summed E-state index contributed by atoms with van der Waals surface area (Å²) in [4.78, 5) is 13.4. The second-order valence-electron chi connectivity index (χ2n) is 5.54. The molecule has 6 nitrogen and oxygen atoms in total. The normalized spacial score (nSPS) is 22.9. The van der Waals surface area contributed by atoms with Crippen LogP contribution < -0.4 is 15.4 Å². The van der Waals surface area contributed by atoms with Gasteiger partial charge in [-0.05, 0) is 25.8 Å². The molecule has 2 aliphatic heterocycles. The Balaban J connectivity index is 1.76. The third-order valence-electron chi connectivity index (χ3n) is 4.16. The lowest BCUT2D eigenvalue weighted by Gasteiger charge is -2.38. The van der Waals surface area contributed by atoms with Crippen molar-refractivity contribution in [3.05, 3.63) is 6.33 Å². The van der Waals surface area contributed by atoms with Gasteiger partial charge in [-0.1, -0.05) is 6.92 Å². The summed E-state index contributed by atoms with van der Waals surface area (Å²) in [5, 5.41) is 0. The molecule has 0 bridgehead atoms. The minimum Gasteiger partial charge on any atom is -0.476 e. The summed E-state index contributed by atoms with van der Waals surface area (Å²) >= 11 is 0. The fourth-order valence-electron chi connectivity index (χ4n) is 3.12. The Morgan fingerprint density at radius 3 is 3.10 bits per heavy atom. The molecule has 0 radical (unpaired) electrons. The maximum Gasteiger partial charge on any atom is 0.242 e. The van der Waals surface area contributed by atoms with Crippen molar-refractivity contribution in [2.24, 2.45) is 0 Å². The molecule has 2 N–H and O–H groups in total. The van der Waals surface area contributed by atoms with E-state index in [4.69, 9.17) is 10.5 Å². The average Bonchev–Trinajstić information content (AvgIpc) is 2.93. The van der Waals surface area contributed by atoms with Crippen LogP contribution in [-0.2, 0) is 0 Å². The number of fused-ring (bicyclic) bond motifs is 1. The van der Waals surface area contributed by atoms with Crippen LogP contribution in [0.3, 0.4) is 0 Å². The standard InChI is InChI=1S/C14H23N5O/c1-2-8-20-14-12(15)13(16-10-17-14)19-7-6-18-5-3-4-11(18)9-19/h10-11H,2-9,15H2,1H3. The molecule has 0 spiro atoms. The Morgan fingerprint density at radius 1 is 1.35 bits per heavy atom. The highest BCUT2D eigenvalue weighted by Crippen LogP contribution is 2.31. The van der Waals surface area contributed by atoms with Crippen LogP contribution in [0, 0.1) is 0 Å². The van der Waals surface area contributed by atoms with Gasteiger partial charge in [-0.15, -0.1) is 0 Å². The topological polar surface area (TPSA) is 67.5 Å². The number of aromatic nitrogens is 2. The van der Waals surface area contributed by atoms with Gasteiger partial charge in [0, 0.05) is 25.7 Å². The zero-order chi connectivity index (χ0) is 13.9. The van der Waals surface area contributed by atoms with Gasteiger partial charge in [0.05, 0.1) is 6.61 Å². The van der Waals surface area contributed by atoms with Crippen molar-refractivity contribution >= 4 is 11.5 Å². The molecule has 0 saturated carbocycles. The average molecular weight is 277 g/mol. The van der Waals surface area contributed by atoms with E-state index in [1.54, 1.807) is 6.33 Å². The summed E-state index contributed by atoms with van der Waals surface area (Å²) in [7, 11) is 0. The first kappa shape index (κ1) is 13.4. The van der Waals surface area contributed by atoms with Gasteiger partial charge in [-0.3, -0.25) is 4.90 Å². The highest BCUT2D eigenvalue weighted by atomic mass is 16.5. The number of piperazine rings is 1. The lowest BCUT2D eigenvalue weighted by molar-refractivity contribution is 0.230. The van der Waals surface area contributed by atoms with E-state index in [1.807, 2.05) is 0 Å². The van der Waals surface area contributed by atoms with E-state index in [1.165, 1.54) is 19.4 Å². The van der Waals surface area contributed by atoms with Crippen molar-refractivity contribution in [1.29, 1.82) is 0 Å². The molecule has 1 aromatic heterocycles. The molecule has 3 heterocycles. The molecule has 1 unspecified atom stereocenters. The number of hydrogen-bond acceptors (Lipinski definition) is 6. The number of nitrogen functional groups attached to an aromatic ring is 1. The summed E-state index contributed by atoms with van der Waals surface area (Å²) in [5.74, 6) is 1.35. The van der Waals surface area contributed by atoms with E-state index in [-0.39, 0.29) is 0 Å². The van der Waals surface area contributed by atoms with Crippen LogP contribution in [0.4, 0.5) is 11.5 Å². The molecule has 2 saturated heterocycles. The van der Waals surface area contributed by atoms with Gasteiger partial charge in [-0.2, -0.15) is 4.98 Å². The summed E-state index contributed by atoms with van der Waals surface area (Å²) in [6.07, 6.45) is 5.08. The monoisotopic (exact) mass is 277 g/mol. The highest BCUT2D eigenvalue weighted by Gasteiger charge is 2.32. The Kier molecular flexibility index (Phi) is 3.91. The summed E-state index contributed by atoms with van der Waals surface area (Å²) in [6, 6.07) is 0.651. The van der Waals surface area contributed by atoms with Crippen LogP contribution in [0.15, 0.2) is 6.33 Å². The van der Waals surface area contributed by atoms with E-state index in [9.17, 15) is 0 Å². The molecule has 3 rings (SSSR count). The highest BCUT2D eigenvalue weighted by molar-refractivity contribution is 5.68. The first-order chi connectivity index (χ1) is 9.79. The van der Waals surface area contributed by atoms with Crippen LogP contribution in [0.5, 0.6) is 5.88 Å². The molecule has 0 aromatic carbocycles. The van der Waals surface area contributed by atoms with Gasteiger partial charge in [0.15, 0.2) is 5.82 Å². The number of anilines is 2. The number of nitrogens with two attached hydrogens (primary N) is 1. The molecule has 0 aliphatic carbocycles. The fraction of sp³-hybridized carbons (Fsp3) is 0.714. The zero-order valence-corrected chi connectivity index (χ0v) is 12.1. The SMILES string of the molecule is CCCOc1ncnc(N2CCN3CCCC3C2)c1N. The van der Waals surface area contributed by atoms with Crippen molar-refractivity contribution in [2.75, 3.05) is 43.4 Å². The van der Waals surface area contributed by atoms with Crippen molar-refractivity contribution in [1.82, 2.24) is 14.9 Å². The van der Waals surface area contributed by atoms with Crippen LogP contribution in [-0.4, -0.2) is 53.7 Å². The summed E-state index contributed by atoms with van der Waals surface area (Å²) < 4.78 is 5.59. The second kappa shape index (κ2) is 5.83. The molecule has 110 valence electrons. The predicted molar refractivity (Wildman–Crippen MR) is 79.0 cm³/mol. The molecule has 2 aliphatic rings. The van der Waals surface area contributed by atoms with Crippen molar-refractivity contribution in [2.45, 2.75) is 32.2 Å². The van der Waals surface area contributed by atoms with Gasteiger partial charge < -0.3 is 15.4 Å². The summed E-state index contributed by atoms with van der Waals surface area (Å²) in [6.45, 7) is 7.02. The quantitative estimate of drug-likeness (QED) is 0.890. The van der Waals surface area contributed by atoms with Gasteiger partial charge in [-0.25, -0.2) is 4.98 Å². The Labute approximate surface area is 119 Å². The minimum atomic E-state index is 0.519. The lowest BCUT2D eigenvalue weighted by Crippen LogP contribution is -2.50. The maximum atomic E-state index is 6.19. The van der Waals surface area contributed by atoms with E-state index >= 15 is 0 Å². The van der Waals surface area contributed by atoms with E-state index in [2.05, 4.69) is 26.7 Å². The molecule has 20 heavy (non-hydrogen) atoms. The predicted octanol–water partition coefficient (Wildman–Crippen LogP) is 1.13. The molecule has 0 amide bonds. The second-order valence-corrected chi connectivity index (χ2v) is 5.54. The zero-order valence-electron chi connectivity index (χ0n) is 12.1. The third kappa shape index (κ3) is 2.52. The van der Waals surface area contributed by atoms with E-state index < -0.39 is 0 Å². The largest absolute Gasteiger partial charge is 0.476 e. The van der Waals surface area contributed by atoms with Crippen LogP contribution in [0.25, 0.3) is 0 Å². The summed E-state index contributed by atoms with van der Waals surface area (Å²) in [5.41, 5.74) is 6.76. The lowest BCUT2D eigenvalue weighted by atomic mass is 10.1. The molecular weight excluding hydrogens is 254 g/mol. The van der Waals surface area contributed by atoms with Gasteiger partial charge in [0.25, 0.3) is 0 Å². The van der Waals surface area contributed by atoms with Gasteiger partial charge in [0.2, 0.25) is 5.88 Å². The van der Waals surface area contributed by atoms with Gasteiger partial charge in [0.1, 0.15) is 12.0 Å². The maximum absolute atomic E-state index is 6.19. The number of ether oxygens (including phenoxy) is 1. The molecular formula is C14H23N5O. The molecule has 1 aromatic rings. The number of hydrogen-bond donors (Lipinski definition) is 1. The Morgan fingerprint density at radius 2 is 2.25 bits per heavy atom. The number of rotatable bonds is 4. The smallest absolute Gasteiger partial charge is 0.242 e. The van der Waals surface area contributed by atoms with E-state index in [0.717, 1.165) is 31.9 Å². The van der Waals surface area contributed by atoms with Crippen molar-refractivity contribution in [3.63, 3.8) is 0 Å². The van der Waals surface area contributed by atoms with Gasteiger partial charge >= 0.3 is 0 Å². The minimum absolute atomic E-state index is 0.519. The van der Waals surface area contributed by atoms with Crippen LogP contribution in [0.2, 0.25) is 0 Å². The van der Waals surface area contributed by atoms with Crippen LogP contribution in [0.1, 0.15) is 26.2 Å². The Bertz CT molecular complexity index is 467. The number of nitrogens with zero attached hydrogens (tertiary/aromatic N) is 4. The first-order valence-electron chi connectivity index (χ1n) is 7.52. The van der Waals surface area contributed by atoms with E-state index in [0.29, 0.717) is 24.2 Å². The molecule has 6 heteroatoms. The van der Waals surface area contributed by atoms with Crippen LogP contribution >= 0.6 is 0 Å². The first-order valence-corrected chi connectivity index (χ1v) is 7.52. The van der Waals surface area contributed by atoms with Crippen molar-refractivity contribution < 1.29 is 4.74 Å². The Hall–Kier alpha value is -1.56. The molecule has 1 atom stereocenters. The van der Waals surface area contributed by atoms with Crippen molar-refractivity contribution in [3.8, 4) is 5.88 Å². The fourth-order valence-corrected chi connectivity index (χ4v) is 3.12. The third-order valence-corrected chi connectivity index (χ3v) is 4.16. The molecule has 2 fully saturated rings.